The Morgan fingerprint density at radius 1 is 1.09 bits per heavy atom. The van der Waals surface area contributed by atoms with Crippen molar-refractivity contribution in [1.29, 1.82) is 0 Å². The molecule has 0 aliphatic carbocycles. The zero-order chi connectivity index (χ0) is 16.8. The highest BCUT2D eigenvalue weighted by Crippen LogP contribution is 2.20. The Morgan fingerprint density at radius 3 is 2.35 bits per heavy atom. The summed E-state index contributed by atoms with van der Waals surface area (Å²) in [7, 11) is 0. The third-order valence-electron chi connectivity index (χ3n) is 4.00. The van der Waals surface area contributed by atoms with Crippen molar-refractivity contribution in [2.75, 3.05) is 13.1 Å². The van der Waals surface area contributed by atoms with Gasteiger partial charge in [-0.15, -0.1) is 0 Å². The molecule has 0 bridgehead atoms. The Bertz CT molecular complexity index is 725. The average Bonchev–Trinajstić information content (AvgIpc) is 2.55. The molecule has 0 fully saturated rings. The van der Waals surface area contributed by atoms with Crippen molar-refractivity contribution < 1.29 is 9.21 Å². The van der Waals surface area contributed by atoms with E-state index in [0.29, 0.717) is 11.1 Å². The molecule has 23 heavy (non-hydrogen) atoms. The van der Waals surface area contributed by atoms with Crippen LogP contribution in [0.1, 0.15) is 55.5 Å². The van der Waals surface area contributed by atoms with E-state index < -0.39 is 0 Å². The van der Waals surface area contributed by atoms with Crippen LogP contribution in [0.25, 0.3) is 11.0 Å². The fourth-order valence-electron chi connectivity index (χ4n) is 2.68. The van der Waals surface area contributed by atoms with Gasteiger partial charge in [-0.2, -0.15) is 0 Å². The first-order valence-electron chi connectivity index (χ1n) is 8.40. The normalized spacial score (nSPS) is 10.9. The number of fused-ring (bicyclic) bond motifs is 1. The monoisotopic (exact) mass is 315 g/mol. The summed E-state index contributed by atoms with van der Waals surface area (Å²) in [4.78, 5) is 26.1. The Labute approximate surface area is 137 Å². The second-order valence-electron chi connectivity index (χ2n) is 5.97. The second kappa shape index (κ2) is 7.95. The molecular formula is C19H25NO3. The zero-order valence-corrected chi connectivity index (χ0v) is 14.2. The van der Waals surface area contributed by atoms with Crippen molar-refractivity contribution in [1.82, 2.24) is 4.90 Å². The summed E-state index contributed by atoms with van der Waals surface area (Å²) in [6.45, 7) is 7.70. The van der Waals surface area contributed by atoms with Crippen LogP contribution in [0.15, 0.2) is 33.5 Å². The standard InChI is InChI=1S/C19H25NO3/c1-4-6-10-20(11-7-5-2)19(22)16-12-14(3)18-15(13-16)8-9-17(21)23-18/h8-9,12-13H,4-7,10-11H2,1-3H3. The minimum Gasteiger partial charge on any atom is -0.422 e. The Morgan fingerprint density at radius 2 is 1.74 bits per heavy atom. The Kier molecular flexibility index (Phi) is 5.97. The summed E-state index contributed by atoms with van der Waals surface area (Å²) in [6.07, 6.45) is 4.16. The summed E-state index contributed by atoms with van der Waals surface area (Å²) in [6, 6.07) is 6.74. The predicted molar refractivity (Wildman–Crippen MR) is 92.9 cm³/mol. The van der Waals surface area contributed by atoms with Crippen LogP contribution in [-0.4, -0.2) is 23.9 Å². The maximum Gasteiger partial charge on any atom is 0.336 e. The van der Waals surface area contributed by atoms with Gasteiger partial charge in [0.15, 0.2) is 0 Å². The van der Waals surface area contributed by atoms with Crippen molar-refractivity contribution >= 4 is 16.9 Å². The molecule has 2 rings (SSSR count). The van der Waals surface area contributed by atoms with Gasteiger partial charge in [-0.25, -0.2) is 4.79 Å². The molecule has 0 saturated heterocycles. The molecular weight excluding hydrogens is 290 g/mol. The number of aryl methyl sites for hydroxylation is 1. The third-order valence-corrected chi connectivity index (χ3v) is 4.00. The van der Waals surface area contributed by atoms with Gasteiger partial charge in [-0.3, -0.25) is 4.79 Å². The lowest BCUT2D eigenvalue weighted by Gasteiger charge is -2.23. The first-order chi connectivity index (χ1) is 11.1. The third kappa shape index (κ3) is 4.21. The van der Waals surface area contributed by atoms with Gasteiger partial charge in [-0.05, 0) is 43.5 Å². The summed E-state index contributed by atoms with van der Waals surface area (Å²) < 4.78 is 5.24. The molecule has 0 radical (unpaired) electrons. The number of hydrogen-bond acceptors (Lipinski definition) is 3. The van der Waals surface area contributed by atoms with Crippen LogP contribution in [0.2, 0.25) is 0 Å². The maximum absolute atomic E-state index is 12.9. The smallest absolute Gasteiger partial charge is 0.336 e. The molecule has 0 unspecified atom stereocenters. The first kappa shape index (κ1) is 17.3. The molecule has 1 heterocycles. The largest absolute Gasteiger partial charge is 0.422 e. The number of amides is 1. The van der Waals surface area contributed by atoms with E-state index in [-0.39, 0.29) is 11.5 Å². The van der Waals surface area contributed by atoms with E-state index in [9.17, 15) is 9.59 Å². The molecule has 4 nitrogen and oxygen atoms in total. The highest BCUT2D eigenvalue weighted by molar-refractivity contribution is 5.98. The Balaban J connectivity index is 2.34. The molecule has 2 aromatic rings. The van der Waals surface area contributed by atoms with Crippen molar-refractivity contribution in [3.05, 3.63) is 45.8 Å². The second-order valence-corrected chi connectivity index (χ2v) is 5.97. The lowest BCUT2D eigenvalue weighted by molar-refractivity contribution is 0.0751. The molecule has 0 spiro atoms. The zero-order valence-electron chi connectivity index (χ0n) is 14.2. The van der Waals surface area contributed by atoms with Crippen LogP contribution in [0, 0.1) is 6.92 Å². The molecule has 1 amide bonds. The molecule has 124 valence electrons. The lowest BCUT2D eigenvalue weighted by atomic mass is 10.1. The topological polar surface area (TPSA) is 50.5 Å². The maximum atomic E-state index is 12.9. The summed E-state index contributed by atoms with van der Waals surface area (Å²) in [5.74, 6) is 0.0584. The summed E-state index contributed by atoms with van der Waals surface area (Å²) >= 11 is 0. The SMILES string of the molecule is CCCCN(CCCC)C(=O)c1cc(C)c2oc(=O)ccc2c1. The summed E-state index contributed by atoms with van der Waals surface area (Å²) in [5.41, 5.74) is 1.67. The Hall–Kier alpha value is -2.10. The number of hydrogen-bond donors (Lipinski definition) is 0. The molecule has 4 heteroatoms. The lowest BCUT2D eigenvalue weighted by Crippen LogP contribution is -2.33. The molecule has 1 aromatic heterocycles. The van der Waals surface area contributed by atoms with Crippen LogP contribution in [0.3, 0.4) is 0 Å². The highest BCUT2D eigenvalue weighted by atomic mass is 16.4. The number of nitrogens with zero attached hydrogens (tertiary/aromatic N) is 1. The van der Waals surface area contributed by atoms with Crippen LogP contribution in [0.4, 0.5) is 0 Å². The van der Waals surface area contributed by atoms with Crippen molar-refractivity contribution in [3.63, 3.8) is 0 Å². The number of carbonyl (C=O) groups is 1. The van der Waals surface area contributed by atoms with E-state index in [2.05, 4.69) is 13.8 Å². The van der Waals surface area contributed by atoms with Gasteiger partial charge in [0.25, 0.3) is 5.91 Å². The van der Waals surface area contributed by atoms with Gasteiger partial charge in [0.2, 0.25) is 0 Å². The van der Waals surface area contributed by atoms with E-state index in [1.165, 1.54) is 6.07 Å². The van der Waals surface area contributed by atoms with E-state index in [4.69, 9.17) is 4.42 Å². The van der Waals surface area contributed by atoms with Gasteiger partial charge >= 0.3 is 5.63 Å². The number of rotatable bonds is 7. The first-order valence-corrected chi connectivity index (χ1v) is 8.40. The van der Waals surface area contributed by atoms with Crippen LogP contribution >= 0.6 is 0 Å². The number of carbonyl (C=O) groups excluding carboxylic acids is 1. The predicted octanol–water partition coefficient (Wildman–Crippen LogP) is 4.14. The summed E-state index contributed by atoms with van der Waals surface area (Å²) in [5, 5.41) is 0.791. The van der Waals surface area contributed by atoms with E-state index in [1.807, 2.05) is 24.0 Å². The molecule has 0 N–H and O–H groups in total. The van der Waals surface area contributed by atoms with E-state index in [0.717, 1.165) is 49.7 Å². The van der Waals surface area contributed by atoms with Crippen molar-refractivity contribution in [3.8, 4) is 0 Å². The fourth-order valence-corrected chi connectivity index (χ4v) is 2.68. The van der Waals surface area contributed by atoms with Gasteiger partial charge in [0.05, 0.1) is 0 Å². The molecule has 0 aliphatic rings. The van der Waals surface area contributed by atoms with E-state index >= 15 is 0 Å². The van der Waals surface area contributed by atoms with Gasteiger partial charge < -0.3 is 9.32 Å². The molecule has 0 atom stereocenters. The minimum atomic E-state index is -0.368. The van der Waals surface area contributed by atoms with Crippen molar-refractivity contribution in [2.45, 2.75) is 46.5 Å². The van der Waals surface area contributed by atoms with E-state index in [1.54, 1.807) is 6.07 Å². The number of benzene rings is 1. The van der Waals surface area contributed by atoms with Crippen LogP contribution in [0.5, 0.6) is 0 Å². The van der Waals surface area contributed by atoms with Gasteiger partial charge in [0, 0.05) is 30.1 Å². The molecule has 1 aromatic carbocycles. The van der Waals surface area contributed by atoms with Crippen LogP contribution in [-0.2, 0) is 0 Å². The quantitative estimate of drug-likeness (QED) is 0.721. The molecule has 0 aliphatic heterocycles. The number of unbranched alkanes of at least 4 members (excludes halogenated alkanes) is 2. The van der Waals surface area contributed by atoms with Gasteiger partial charge in [-0.1, -0.05) is 26.7 Å². The average molecular weight is 315 g/mol. The highest BCUT2D eigenvalue weighted by Gasteiger charge is 2.16. The minimum absolute atomic E-state index is 0.0584. The molecule has 0 saturated carbocycles. The van der Waals surface area contributed by atoms with Crippen LogP contribution < -0.4 is 5.63 Å². The van der Waals surface area contributed by atoms with Crippen molar-refractivity contribution in [2.24, 2.45) is 0 Å². The van der Waals surface area contributed by atoms with Gasteiger partial charge in [0.1, 0.15) is 5.58 Å². The fraction of sp³-hybridized carbons (Fsp3) is 0.474.